The van der Waals surface area contributed by atoms with E-state index < -0.39 is 0 Å². The molecule has 0 aliphatic carbocycles. The number of unbranched alkanes of at least 4 members (excludes halogenated alkanes) is 1. The van der Waals surface area contributed by atoms with Gasteiger partial charge in [-0.2, -0.15) is 66.4 Å². The minimum Gasteiger partial charge on any atom is -0.485 e. The number of anilines is 6. The summed E-state index contributed by atoms with van der Waals surface area (Å²) < 4.78 is 5.45. The van der Waals surface area contributed by atoms with Crippen molar-refractivity contribution < 1.29 is 24.8 Å². The van der Waals surface area contributed by atoms with E-state index in [0.717, 1.165) is 71.8 Å². The summed E-state index contributed by atoms with van der Waals surface area (Å²) in [6.07, 6.45) is 15.5. The van der Waals surface area contributed by atoms with Gasteiger partial charge >= 0.3 is 0 Å². The molecule has 0 N–H and O–H groups in total. The van der Waals surface area contributed by atoms with Gasteiger partial charge in [0.1, 0.15) is 29.8 Å². The molecule has 4 aromatic heterocycles. The van der Waals surface area contributed by atoms with E-state index in [0.29, 0.717) is 18.8 Å². The Morgan fingerprint density at radius 2 is 1.15 bits per heavy atom. The maximum Gasteiger partial charge on any atom is 0.143 e. The molecule has 2 aliphatic rings. The largest absolute Gasteiger partial charge is 0.485 e. The van der Waals surface area contributed by atoms with E-state index in [1.807, 2.05) is 104 Å². The number of hydrogen-bond acceptors (Lipinski definition) is 11. The van der Waals surface area contributed by atoms with Crippen molar-refractivity contribution in [3.8, 4) is 11.4 Å². The van der Waals surface area contributed by atoms with Crippen molar-refractivity contribution in [2.75, 3.05) is 32.7 Å². The summed E-state index contributed by atoms with van der Waals surface area (Å²) in [5.74, 6) is 3.40. The third-order valence-corrected chi connectivity index (χ3v) is 10.0. The first-order valence-corrected chi connectivity index (χ1v) is 20.3. The van der Waals surface area contributed by atoms with Crippen molar-refractivity contribution in [1.29, 1.82) is 0 Å². The van der Waals surface area contributed by atoms with Crippen LogP contribution in [0.1, 0.15) is 43.9 Å². The number of benzene rings is 4. The molecule has 2 aliphatic heterocycles. The van der Waals surface area contributed by atoms with Gasteiger partial charge < -0.3 is 24.3 Å². The fourth-order valence-corrected chi connectivity index (χ4v) is 7.10. The van der Waals surface area contributed by atoms with E-state index in [1.54, 1.807) is 29.5 Å². The van der Waals surface area contributed by atoms with Crippen LogP contribution in [0.15, 0.2) is 134 Å². The van der Waals surface area contributed by atoms with Crippen LogP contribution in [0.4, 0.5) is 34.6 Å². The van der Waals surface area contributed by atoms with Gasteiger partial charge in [0, 0.05) is 56.7 Å². The summed E-state index contributed by atoms with van der Waals surface area (Å²) in [5, 5.41) is 13.2. The molecule has 0 amide bonds. The average molecular weight is 996 g/mol. The molecule has 6 heterocycles. The van der Waals surface area contributed by atoms with Crippen LogP contribution in [0.2, 0.25) is 0 Å². The van der Waals surface area contributed by atoms with E-state index >= 15 is 0 Å². The van der Waals surface area contributed by atoms with Gasteiger partial charge in [-0.05, 0) is 50.9 Å². The number of aromatic nitrogens is 10. The summed E-state index contributed by atoms with van der Waals surface area (Å²) >= 11 is 0. The molecule has 315 valence electrons. The molecule has 0 spiro atoms. The van der Waals surface area contributed by atoms with Crippen molar-refractivity contribution in [2.45, 2.75) is 45.8 Å². The number of hydrogen-bond donors (Lipinski definition) is 0. The Bertz CT molecular complexity index is 2520. The van der Waals surface area contributed by atoms with Crippen molar-refractivity contribution >= 4 is 34.6 Å². The van der Waals surface area contributed by atoms with Crippen LogP contribution in [-0.2, 0) is 33.2 Å². The molecule has 0 bridgehead atoms. The Hall–Kier alpha value is -6.83. The molecule has 0 saturated heterocycles. The fraction of sp³-hybridized carbons (Fsp3) is 0.191. The summed E-state index contributed by atoms with van der Waals surface area (Å²) in [6.45, 7) is 11.3. The smallest absolute Gasteiger partial charge is 0.143 e. The monoisotopic (exact) mass is 996 g/mol. The molecule has 0 unspecified atom stereocenters. The quantitative estimate of drug-likeness (QED) is 0.0664. The van der Waals surface area contributed by atoms with E-state index in [1.165, 1.54) is 5.56 Å². The Kier molecular flexibility index (Phi) is 13.3. The molecule has 15 heteroatoms. The van der Waals surface area contributed by atoms with Gasteiger partial charge in [-0.3, -0.25) is 5.10 Å². The Labute approximate surface area is 375 Å². The Morgan fingerprint density at radius 3 is 1.66 bits per heavy atom. The van der Waals surface area contributed by atoms with E-state index in [-0.39, 0.29) is 26.1 Å². The first-order valence-electron chi connectivity index (χ1n) is 20.3. The minimum absolute atomic E-state index is 0. The van der Waals surface area contributed by atoms with Crippen LogP contribution in [0.5, 0.6) is 0 Å². The van der Waals surface area contributed by atoms with Gasteiger partial charge in [-0.1, -0.05) is 72.6 Å². The molecule has 14 nitrogen and oxygen atoms in total. The number of para-hydroxylation sites is 2. The number of fused-ring (bicyclic) bond motifs is 2. The number of nitrogens with zero attached hydrogens (tertiary/aromatic N) is 14. The van der Waals surface area contributed by atoms with Crippen LogP contribution in [0, 0.1) is 37.9 Å². The van der Waals surface area contributed by atoms with Crippen LogP contribution in [0.3, 0.4) is 0 Å². The molecule has 1 radical (unpaired) electrons. The van der Waals surface area contributed by atoms with Crippen molar-refractivity contribution in [1.82, 2.24) is 44.8 Å². The summed E-state index contributed by atoms with van der Waals surface area (Å²) in [7, 11) is 0. The summed E-state index contributed by atoms with van der Waals surface area (Å²) in [4.78, 5) is 26.7. The summed E-state index contributed by atoms with van der Waals surface area (Å²) in [5.41, 5.74) is 5.68. The SMILES string of the molecule is CC(C)n1n[n+](Cc2ccccc2)[c-]c1-c1[c-]n(Cc2ccccc2)nn1.[Ir].[c-]1ccccc1N1[CH-]N(CCCCN2[CH-]N(c3[c-]cccc3)c3nccnc32)c2nccnc21. The normalized spacial score (nSPS) is 12.8. The van der Waals surface area contributed by atoms with Crippen LogP contribution < -0.4 is 24.3 Å². The van der Waals surface area contributed by atoms with E-state index in [9.17, 15) is 0 Å². The minimum atomic E-state index is 0. The van der Waals surface area contributed by atoms with Crippen LogP contribution in [0.25, 0.3) is 11.4 Å². The second-order valence-corrected chi connectivity index (χ2v) is 14.7. The van der Waals surface area contributed by atoms with Crippen LogP contribution in [-0.4, -0.2) is 57.9 Å². The van der Waals surface area contributed by atoms with Gasteiger partial charge in [-0.15, -0.1) is 29.9 Å². The molecule has 10 rings (SSSR count). The van der Waals surface area contributed by atoms with Gasteiger partial charge in [0.2, 0.25) is 0 Å². The van der Waals surface area contributed by atoms with Crippen LogP contribution >= 0.6 is 0 Å². The molecule has 0 fully saturated rings. The zero-order chi connectivity index (χ0) is 41.4. The second kappa shape index (κ2) is 19.7. The van der Waals surface area contributed by atoms with Gasteiger partial charge in [0.15, 0.2) is 0 Å². The van der Waals surface area contributed by atoms with Gasteiger partial charge in [-0.25, -0.2) is 35.5 Å². The maximum atomic E-state index is 4.66. The first kappa shape index (κ1) is 41.9. The zero-order valence-corrected chi connectivity index (χ0v) is 36.7. The molecular weight excluding hydrogens is 953 g/mol. The zero-order valence-electron chi connectivity index (χ0n) is 34.3. The molecule has 4 aromatic carbocycles. The number of rotatable bonds is 13. The Balaban J connectivity index is 0.000000172. The van der Waals surface area contributed by atoms with Crippen molar-refractivity contribution in [3.05, 3.63) is 183 Å². The predicted molar refractivity (Wildman–Crippen MR) is 232 cm³/mol. The Morgan fingerprint density at radius 1 is 0.629 bits per heavy atom. The fourth-order valence-electron chi connectivity index (χ4n) is 7.10. The summed E-state index contributed by atoms with van der Waals surface area (Å²) in [6, 6.07) is 42.9. The van der Waals surface area contributed by atoms with E-state index in [2.05, 4.69) is 121 Å². The maximum absolute atomic E-state index is 4.66. The third-order valence-electron chi connectivity index (χ3n) is 10.0. The van der Waals surface area contributed by atoms with Gasteiger partial charge in [0.05, 0.1) is 6.04 Å². The van der Waals surface area contributed by atoms with E-state index in [4.69, 9.17) is 0 Å². The first-order chi connectivity index (χ1) is 30.1. The molecule has 62 heavy (non-hydrogen) atoms. The predicted octanol–water partition coefficient (Wildman–Crippen LogP) is 7.21. The molecular formula is C47H43IrN14-5. The third kappa shape index (κ3) is 9.54. The van der Waals surface area contributed by atoms with Gasteiger partial charge in [0.25, 0.3) is 0 Å². The standard InChI is InChI=1S/C26H22N8.C21H21N6.Ir/c1-3-9-21(10-4-1)33-19-31(23-25(33)29-15-13-27-23)17-7-8-18-32-20-34(22-11-5-2-6-12-22)26-24(32)28-14-16-30-26;1-17(2)27-21(16-26(24-27)14-19-11-7-4-8-12-19)20-15-25(23-22-20)13-18-9-5-3-6-10-18;/h1-6,9,11,13-16,19-20H,7-8,17-18H2;3-12,17H,13-14H2,1-2H3;/q-4;-1;. The van der Waals surface area contributed by atoms with Crippen molar-refractivity contribution in [2.24, 2.45) is 0 Å². The van der Waals surface area contributed by atoms with Crippen molar-refractivity contribution in [3.63, 3.8) is 0 Å². The second-order valence-electron chi connectivity index (χ2n) is 14.7. The molecule has 0 atom stereocenters. The molecule has 8 aromatic rings. The molecule has 0 saturated carbocycles. The topological polar surface area (TPSA) is 117 Å². The average Bonchev–Trinajstić information content (AvgIpc) is 4.12.